The van der Waals surface area contributed by atoms with Crippen molar-refractivity contribution in [1.29, 1.82) is 0 Å². The Morgan fingerprint density at radius 2 is 1.67 bits per heavy atom. The van der Waals surface area contributed by atoms with E-state index in [4.69, 9.17) is 0 Å². The summed E-state index contributed by atoms with van der Waals surface area (Å²) in [7, 11) is 0. The van der Waals surface area contributed by atoms with E-state index < -0.39 is 12.5 Å². The average molecular weight is 297 g/mol. The van der Waals surface area contributed by atoms with Gasteiger partial charge in [0.25, 0.3) is 6.43 Å². The number of halogens is 2. The molecule has 1 aromatic carbocycles. The van der Waals surface area contributed by atoms with Gasteiger partial charge in [-0.05, 0) is 31.5 Å². The number of nitrogens with zero attached hydrogens (tertiary/aromatic N) is 2. The zero-order valence-corrected chi connectivity index (χ0v) is 12.9. The van der Waals surface area contributed by atoms with Crippen LogP contribution in [0.1, 0.15) is 25.5 Å². The second-order valence-corrected chi connectivity index (χ2v) is 5.33. The molecule has 1 aliphatic heterocycles. The predicted molar refractivity (Wildman–Crippen MR) is 83.2 cm³/mol. The van der Waals surface area contributed by atoms with Gasteiger partial charge in [0.05, 0.1) is 6.04 Å². The van der Waals surface area contributed by atoms with Gasteiger partial charge in [0.1, 0.15) is 0 Å². The summed E-state index contributed by atoms with van der Waals surface area (Å²) >= 11 is 0. The Labute approximate surface area is 125 Å². The number of alkyl halides is 2. The number of piperazine rings is 1. The first-order chi connectivity index (χ1) is 10.2. The largest absolute Gasteiger partial charge is 0.372 e. The van der Waals surface area contributed by atoms with E-state index >= 15 is 0 Å². The quantitative estimate of drug-likeness (QED) is 0.871. The van der Waals surface area contributed by atoms with Gasteiger partial charge < -0.3 is 10.2 Å². The van der Waals surface area contributed by atoms with Crippen molar-refractivity contribution in [2.45, 2.75) is 26.3 Å². The van der Waals surface area contributed by atoms with Gasteiger partial charge in [-0.3, -0.25) is 4.90 Å². The smallest absolute Gasteiger partial charge is 0.258 e. The van der Waals surface area contributed by atoms with Crippen molar-refractivity contribution in [2.75, 3.05) is 44.2 Å². The van der Waals surface area contributed by atoms with E-state index in [0.29, 0.717) is 18.7 Å². The van der Waals surface area contributed by atoms with E-state index in [2.05, 4.69) is 24.1 Å². The first-order valence-corrected chi connectivity index (χ1v) is 7.75. The molecule has 1 atom stereocenters. The van der Waals surface area contributed by atoms with Crippen molar-refractivity contribution in [3.8, 4) is 0 Å². The standard InChI is InChI=1S/C16H25F2N3/c1-3-20(4-2)14-7-5-13(6-8-14)15(16(17)18)21-11-9-19-10-12-21/h5-8,15-16,19H,3-4,9-12H2,1-2H3/t15-/m1/s1. The summed E-state index contributed by atoms with van der Waals surface area (Å²) in [6, 6.07) is 6.83. The molecule has 0 radical (unpaired) electrons. The topological polar surface area (TPSA) is 18.5 Å². The predicted octanol–water partition coefficient (Wildman–Crippen LogP) is 2.74. The minimum Gasteiger partial charge on any atom is -0.372 e. The van der Waals surface area contributed by atoms with Crippen LogP contribution >= 0.6 is 0 Å². The number of hydrogen-bond acceptors (Lipinski definition) is 3. The highest BCUT2D eigenvalue weighted by atomic mass is 19.3. The van der Waals surface area contributed by atoms with Crippen LogP contribution < -0.4 is 10.2 Å². The fourth-order valence-corrected chi connectivity index (χ4v) is 2.95. The molecule has 1 N–H and O–H groups in total. The Morgan fingerprint density at radius 3 is 2.14 bits per heavy atom. The van der Waals surface area contributed by atoms with Crippen molar-refractivity contribution >= 4 is 5.69 Å². The lowest BCUT2D eigenvalue weighted by molar-refractivity contribution is 0.0182. The van der Waals surface area contributed by atoms with Gasteiger partial charge in [0.15, 0.2) is 0 Å². The lowest BCUT2D eigenvalue weighted by atomic mass is 10.0. The van der Waals surface area contributed by atoms with Crippen LogP contribution in [0, 0.1) is 0 Å². The van der Waals surface area contributed by atoms with Crippen molar-refractivity contribution in [3.63, 3.8) is 0 Å². The fourth-order valence-electron chi connectivity index (χ4n) is 2.95. The molecule has 0 spiro atoms. The van der Waals surface area contributed by atoms with Crippen LogP contribution in [0.25, 0.3) is 0 Å². The molecular formula is C16H25F2N3. The molecule has 5 heteroatoms. The van der Waals surface area contributed by atoms with E-state index in [9.17, 15) is 8.78 Å². The van der Waals surface area contributed by atoms with Gasteiger partial charge in [-0.25, -0.2) is 8.78 Å². The molecule has 0 aliphatic carbocycles. The lowest BCUT2D eigenvalue weighted by Crippen LogP contribution is -2.46. The zero-order chi connectivity index (χ0) is 15.2. The molecule has 1 aliphatic rings. The second-order valence-electron chi connectivity index (χ2n) is 5.33. The van der Waals surface area contributed by atoms with Crippen molar-refractivity contribution in [2.24, 2.45) is 0 Å². The lowest BCUT2D eigenvalue weighted by Gasteiger charge is -2.34. The SMILES string of the molecule is CCN(CC)c1ccc([C@H](C(F)F)N2CCNCC2)cc1. The Kier molecular flexibility index (Phi) is 5.94. The van der Waals surface area contributed by atoms with E-state index in [0.717, 1.165) is 31.9 Å². The Balaban J connectivity index is 2.16. The van der Waals surface area contributed by atoms with Crippen LogP contribution in [0.3, 0.4) is 0 Å². The molecule has 0 unspecified atom stereocenters. The Hall–Kier alpha value is -1.20. The summed E-state index contributed by atoms with van der Waals surface area (Å²) in [5.41, 5.74) is 1.81. The first kappa shape index (κ1) is 16.2. The third-order valence-electron chi connectivity index (χ3n) is 4.15. The minimum atomic E-state index is -2.36. The zero-order valence-electron chi connectivity index (χ0n) is 12.9. The Morgan fingerprint density at radius 1 is 1.10 bits per heavy atom. The van der Waals surface area contributed by atoms with Crippen molar-refractivity contribution < 1.29 is 8.78 Å². The summed E-state index contributed by atoms with van der Waals surface area (Å²) in [6.07, 6.45) is -2.36. The van der Waals surface area contributed by atoms with Gasteiger partial charge in [0.2, 0.25) is 0 Å². The third-order valence-corrected chi connectivity index (χ3v) is 4.15. The maximum absolute atomic E-state index is 13.5. The van der Waals surface area contributed by atoms with E-state index in [1.165, 1.54) is 0 Å². The summed E-state index contributed by atoms with van der Waals surface area (Å²) in [4.78, 5) is 4.10. The second kappa shape index (κ2) is 7.71. The molecule has 1 heterocycles. The normalized spacial score (nSPS) is 18.0. The molecule has 3 nitrogen and oxygen atoms in total. The maximum Gasteiger partial charge on any atom is 0.258 e. The maximum atomic E-state index is 13.5. The molecule has 0 bridgehead atoms. The third kappa shape index (κ3) is 3.92. The van der Waals surface area contributed by atoms with Crippen LogP contribution in [-0.2, 0) is 0 Å². The highest BCUT2D eigenvalue weighted by molar-refractivity contribution is 5.47. The van der Waals surface area contributed by atoms with Crippen LogP contribution in [0.5, 0.6) is 0 Å². The van der Waals surface area contributed by atoms with Crippen LogP contribution in [0.2, 0.25) is 0 Å². The molecule has 0 amide bonds. The van der Waals surface area contributed by atoms with Crippen molar-refractivity contribution in [3.05, 3.63) is 29.8 Å². The average Bonchev–Trinajstić information content (AvgIpc) is 2.51. The number of hydrogen-bond donors (Lipinski definition) is 1. The number of nitrogens with one attached hydrogen (secondary N) is 1. The summed E-state index contributed by atoms with van der Waals surface area (Å²) in [5, 5.41) is 3.21. The molecule has 1 aromatic rings. The minimum absolute atomic E-state index is 0.673. The first-order valence-electron chi connectivity index (χ1n) is 7.75. The number of anilines is 1. The molecule has 2 rings (SSSR count). The number of benzene rings is 1. The van der Waals surface area contributed by atoms with Gasteiger partial charge >= 0.3 is 0 Å². The number of rotatable bonds is 6. The molecule has 0 saturated carbocycles. The van der Waals surface area contributed by atoms with Crippen LogP contribution in [0.4, 0.5) is 14.5 Å². The molecular weight excluding hydrogens is 272 g/mol. The molecule has 118 valence electrons. The van der Waals surface area contributed by atoms with Crippen LogP contribution in [-0.4, -0.2) is 50.6 Å². The highest BCUT2D eigenvalue weighted by Gasteiger charge is 2.29. The van der Waals surface area contributed by atoms with E-state index in [1.807, 2.05) is 29.2 Å². The fraction of sp³-hybridized carbons (Fsp3) is 0.625. The summed E-state index contributed by atoms with van der Waals surface area (Å²) in [6.45, 7) is 8.94. The van der Waals surface area contributed by atoms with Gasteiger partial charge in [-0.15, -0.1) is 0 Å². The Bertz CT molecular complexity index is 412. The van der Waals surface area contributed by atoms with Crippen molar-refractivity contribution in [1.82, 2.24) is 10.2 Å². The summed E-state index contributed by atoms with van der Waals surface area (Å²) < 4.78 is 27.0. The van der Waals surface area contributed by atoms with E-state index in [1.54, 1.807) is 0 Å². The van der Waals surface area contributed by atoms with Gasteiger partial charge in [-0.1, -0.05) is 12.1 Å². The van der Waals surface area contributed by atoms with Crippen LogP contribution in [0.15, 0.2) is 24.3 Å². The molecule has 1 fully saturated rings. The molecule has 21 heavy (non-hydrogen) atoms. The monoisotopic (exact) mass is 297 g/mol. The highest BCUT2D eigenvalue weighted by Crippen LogP contribution is 2.29. The molecule has 1 saturated heterocycles. The van der Waals surface area contributed by atoms with Gasteiger partial charge in [0, 0.05) is 45.0 Å². The van der Waals surface area contributed by atoms with E-state index in [-0.39, 0.29) is 0 Å². The summed E-state index contributed by atoms with van der Waals surface area (Å²) in [5.74, 6) is 0. The van der Waals surface area contributed by atoms with Gasteiger partial charge in [-0.2, -0.15) is 0 Å². The molecule has 0 aromatic heterocycles.